The fourth-order valence-electron chi connectivity index (χ4n) is 4.09. The number of sulfonamides is 1. The number of aryl methyl sites for hydroxylation is 1. The molecule has 164 valence electrons. The Morgan fingerprint density at radius 2 is 1.81 bits per heavy atom. The molecule has 9 heteroatoms. The summed E-state index contributed by atoms with van der Waals surface area (Å²) >= 11 is 0. The number of carbonyl (C=O) groups excluding carboxylic acids is 2. The first kappa shape index (κ1) is 21.5. The highest BCUT2D eigenvalue weighted by atomic mass is 32.2. The molecular formula is C22H24FN3O4S. The molecule has 31 heavy (non-hydrogen) atoms. The molecule has 2 aromatic carbocycles. The predicted octanol–water partition coefficient (Wildman–Crippen LogP) is 2.48. The molecule has 0 aromatic heterocycles. The van der Waals surface area contributed by atoms with Gasteiger partial charge < -0.3 is 10.2 Å². The van der Waals surface area contributed by atoms with E-state index in [0.29, 0.717) is 30.8 Å². The number of nitrogens with one attached hydrogen (secondary N) is 1. The number of amides is 2. The van der Waals surface area contributed by atoms with Gasteiger partial charge in [0.05, 0.1) is 10.8 Å². The SMILES string of the molecule is Cc1ccc(S(=O)(=O)N2CCCN(C(=O)[C@@H]3CC(=O)Nc4cc(F)ccc43)CC2)cc1. The molecule has 1 fully saturated rings. The van der Waals surface area contributed by atoms with Crippen LogP contribution in [0.3, 0.4) is 0 Å². The number of hydrogen-bond donors (Lipinski definition) is 1. The molecule has 0 bridgehead atoms. The zero-order valence-electron chi connectivity index (χ0n) is 17.2. The topological polar surface area (TPSA) is 86.8 Å². The monoisotopic (exact) mass is 445 g/mol. The van der Waals surface area contributed by atoms with Crippen LogP contribution in [-0.2, 0) is 19.6 Å². The van der Waals surface area contributed by atoms with E-state index in [1.165, 1.54) is 22.5 Å². The Kier molecular flexibility index (Phi) is 5.81. The van der Waals surface area contributed by atoms with Crippen LogP contribution in [0.4, 0.5) is 10.1 Å². The number of rotatable bonds is 3. The van der Waals surface area contributed by atoms with E-state index in [9.17, 15) is 22.4 Å². The van der Waals surface area contributed by atoms with Gasteiger partial charge in [0.2, 0.25) is 21.8 Å². The molecule has 1 saturated heterocycles. The summed E-state index contributed by atoms with van der Waals surface area (Å²) < 4.78 is 41.0. The number of hydrogen-bond acceptors (Lipinski definition) is 4. The molecule has 7 nitrogen and oxygen atoms in total. The molecule has 2 amide bonds. The minimum Gasteiger partial charge on any atom is -0.341 e. The van der Waals surface area contributed by atoms with Crippen LogP contribution in [0.1, 0.15) is 29.9 Å². The van der Waals surface area contributed by atoms with Crippen molar-refractivity contribution in [3.8, 4) is 0 Å². The van der Waals surface area contributed by atoms with Gasteiger partial charge in [0, 0.05) is 38.3 Å². The van der Waals surface area contributed by atoms with Gasteiger partial charge in [0.1, 0.15) is 5.82 Å². The highest BCUT2D eigenvalue weighted by Gasteiger charge is 2.35. The molecule has 4 rings (SSSR count). The van der Waals surface area contributed by atoms with Crippen LogP contribution in [0, 0.1) is 12.7 Å². The Morgan fingerprint density at radius 3 is 2.55 bits per heavy atom. The predicted molar refractivity (Wildman–Crippen MR) is 114 cm³/mol. The summed E-state index contributed by atoms with van der Waals surface area (Å²) in [5, 5.41) is 2.61. The second-order valence-electron chi connectivity index (χ2n) is 7.93. The summed E-state index contributed by atoms with van der Waals surface area (Å²) in [4.78, 5) is 27.2. The van der Waals surface area contributed by atoms with E-state index in [2.05, 4.69) is 5.32 Å². The van der Waals surface area contributed by atoms with Gasteiger partial charge in [-0.15, -0.1) is 0 Å². The van der Waals surface area contributed by atoms with Crippen molar-refractivity contribution in [1.82, 2.24) is 9.21 Å². The number of benzene rings is 2. The van der Waals surface area contributed by atoms with Gasteiger partial charge >= 0.3 is 0 Å². The first-order valence-corrected chi connectivity index (χ1v) is 11.6. The average Bonchev–Trinajstić information content (AvgIpc) is 2.99. The van der Waals surface area contributed by atoms with E-state index in [0.717, 1.165) is 5.56 Å². The maximum atomic E-state index is 13.6. The van der Waals surface area contributed by atoms with Crippen molar-refractivity contribution in [2.24, 2.45) is 0 Å². The standard InChI is InChI=1S/C22H24FN3O4S/c1-15-3-6-17(7-4-15)31(29,30)26-10-2-9-25(11-12-26)22(28)19-14-21(27)24-20-13-16(23)5-8-18(19)20/h3-8,13,19H,2,9-12,14H2,1H3,(H,24,27)/t19-/m1/s1. The fraction of sp³-hybridized carbons (Fsp3) is 0.364. The van der Waals surface area contributed by atoms with Crippen LogP contribution in [0.5, 0.6) is 0 Å². The molecule has 1 N–H and O–H groups in total. The largest absolute Gasteiger partial charge is 0.341 e. The van der Waals surface area contributed by atoms with Gasteiger partial charge in [0.15, 0.2) is 0 Å². The first-order valence-electron chi connectivity index (χ1n) is 10.2. The van der Waals surface area contributed by atoms with Crippen LogP contribution in [0.25, 0.3) is 0 Å². The summed E-state index contributed by atoms with van der Waals surface area (Å²) in [5.74, 6) is -1.77. The summed E-state index contributed by atoms with van der Waals surface area (Å²) in [6.07, 6.45) is 0.478. The van der Waals surface area contributed by atoms with Crippen molar-refractivity contribution < 1.29 is 22.4 Å². The molecule has 0 spiro atoms. The lowest BCUT2D eigenvalue weighted by molar-refractivity contribution is -0.134. The Balaban J connectivity index is 1.51. The van der Waals surface area contributed by atoms with E-state index in [-0.39, 0.29) is 36.2 Å². The lowest BCUT2D eigenvalue weighted by Gasteiger charge is -2.30. The Labute approximate surface area is 180 Å². The number of anilines is 1. The van der Waals surface area contributed by atoms with Crippen molar-refractivity contribution in [3.05, 3.63) is 59.4 Å². The molecule has 2 aliphatic rings. The highest BCUT2D eigenvalue weighted by Crippen LogP contribution is 2.34. The lowest BCUT2D eigenvalue weighted by atomic mass is 9.89. The van der Waals surface area contributed by atoms with Crippen LogP contribution < -0.4 is 5.32 Å². The van der Waals surface area contributed by atoms with Gasteiger partial charge in [-0.1, -0.05) is 23.8 Å². The molecule has 0 radical (unpaired) electrons. The molecule has 0 aliphatic carbocycles. The van der Waals surface area contributed by atoms with Gasteiger partial charge in [0.25, 0.3) is 0 Å². The number of halogens is 1. The van der Waals surface area contributed by atoms with Crippen LogP contribution in [-0.4, -0.2) is 55.6 Å². The minimum atomic E-state index is -3.65. The summed E-state index contributed by atoms with van der Waals surface area (Å²) in [5.41, 5.74) is 1.87. The smallest absolute Gasteiger partial charge is 0.243 e. The van der Waals surface area contributed by atoms with Crippen molar-refractivity contribution in [3.63, 3.8) is 0 Å². The van der Waals surface area contributed by atoms with Gasteiger partial charge in [-0.3, -0.25) is 9.59 Å². The maximum Gasteiger partial charge on any atom is 0.243 e. The van der Waals surface area contributed by atoms with Crippen LogP contribution in [0.15, 0.2) is 47.4 Å². The van der Waals surface area contributed by atoms with E-state index in [1.54, 1.807) is 29.2 Å². The average molecular weight is 446 g/mol. The zero-order chi connectivity index (χ0) is 22.2. The third-order valence-corrected chi connectivity index (χ3v) is 7.69. The van der Waals surface area contributed by atoms with E-state index in [1.807, 2.05) is 6.92 Å². The Morgan fingerprint density at radius 1 is 1.06 bits per heavy atom. The van der Waals surface area contributed by atoms with E-state index in [4.69, 9.17) is 0 Å². The number of carbonyl (C=O) groups is 2. The Bertz CT molecular complexity index is 1120. The molecule has 1 atom stereocenters. The third-order valence-electron chi connectivity index (χ3n) is 5.78. The van der Waals surface area contributed by atoms with Crippen molar-refractivity contribution in [2.45, 2.75) is 30.6 Å². The zero-order valence-corrected chi connectivity index (χ0v) is 18.0. The quantitative estimate of drug-likeness (QED) is 0.787. The number of fused-ring (bicyclic) bond motifs is 1. The fourth-order valence-corrected chi connectivity index (χ4v) is 5.56. The first-order chi connectivity index (χ1) is 14.8. The molecule has 0 saturated carbocycles. The minimum absolute atomic E-state index is 0.0145. The number of nitrogens with zero attached hydrogens (tertiary/aromatic N) is 2. The van der Waals surface area contributed by atoms with E-state index < -0.39 is 21.8 Å². The van der Waals surface area contributed by atoms with Gasteiger partial charge in [-0.2, -0.15) is 4.31 Å². The highest BCUT2D eigenvalue weighted by molar-refractivity contribution is 7.89. The molecule has 2 aromatic rings. The van der Waals surface area contributed by atoms with Gasteiger partial charge in [-0.25, -0.2) is 12.8 Å². The van der Waals surface area contributed by atoms with Crippen molar-refractivity contribution in [1.29, 1.82) is 0 Å². The summed E-state index contributed by atoms with van der Waals surface area (Å²) in [7, 11) is -3.65. The summed E-state index contributed by atoms with van der Waals surface area (Å²) in [6, 6.07) is 10.7. The molecular weight excluding hydrogens is 421 g/mol. The third kappa shape index (κ3) is 4.33. The molecule has 2 heterocycles. The van der Waals surface area contributed by atoms with Crippen LogP contribution in [0.2, 0.25) is 0 Å². The second kappa shape index (κ2) is 8.39. The van der Waals surface area contributed by atoms with Crippen LogP contribution >= 0.6 is 0 Å². The van der Waals surface area contributed by atoms with Gasteiger partial charge in [-0.05, 0) is 43.2 Å². The lowest BCUT2D eigenvalue weighted by Crippen LogP contribution is -2.41. The molecule has 0 unspecified atom stereocenters. The van der Waals surface area contributed by atoms with E-state index >= 15 is 0 Å². The normalized spacial score (nSPS) is 20.0. The second-order valence-corrected chi connectivity index (χ2v) is 9.87. The summed E-state index contributed by atoms with van der Waals surface area (Å²) in [6.45, 7) is 3.01. The Hall–Kier alpha value is -2.78. The van der Waals surface area contributed by atoms with Crippen molar-refractivity contribution in [2.75, 3.05) is 31.5 Å². The molecule has 2 aliphatic heterocycles. The van der Waals surface area contributed by atoms with Crippen molar-refractivity contribution >= 4 is 27.5 Å². The maximum absolute atomic E-state index is 13.6.